The lowest BCUT2D eigenvalue weighted by Crippen LogP contribution is -2.31. The SMILES string of the molecule is Cc1nc(CCC(N)=O)cc([C@H]2CCCN2C(=O)c2ccccc2)n1. The van der Waals surface area contributed by atoms with Crippen LogP contribution in [0.5, 0.6) is 0 Å². The predicted molar refractivity (Wildman–Crippen MR) is 93.7 cm³/mol. The Morgan fingerprint density at radius 3 is 2.72 bits per heavy atom. The molecule has 0 radical (unpaired) electrons. The van der Waals surface area contributed by atoms with Gasteiger partial charge in [-0.15, -0.1) is 0 Å². The van der Waals surface area contributed by atoms with Gasteiger partial charge < -0.3 is 10.6 Å². The van der Waals surface area contributed by atoms with Crippen molar-refractivity contribution in [3.05, 3.63) is 59.2 Å². The third kappa shape index (κ3) is 4.02. The van der Waals surface area contributed by atoms with Gasteiger partial charge in [-0.25, -0.2) is 9.97 Å². The number of rotatable bonds is 5. The van der Waals surface area contributed by atoms with Crippen LogP contribution in [0.15, 0.2) is 36.4 Å². The molecule has 2 N–H and O–H groups in total. The van der Waals surface area contributed by atoms with Gasteiger partial charge in [-0.1, -0.05) is 18.2 Å². The predicted octanol–water partition coefficient (Wildman–Crippen LogP) is 2.18. The van der Waals surface area contributed by atoms with Crippen LogP contribution in [-0.4, -0.2) is 33.2 Å². The number of aromatic nitrogens is 2. The Bertz CT molecular complexity index is 776. The van der Waals surface area contributed by atoms with Crippen LogP contribution in [0.3, 0.4) is 0 Å². The summed E-state index contributed by atoms with van der Waals surface area (Å²) >= 11 is 0. The molecule has 1 atom stereocenters. The van der Waals surface area contributed by atoms with Crippen LogP contribution in [-0.2, 0) is 11.2 Å². The van der Waals surface area contributed by atoms with E-state index in [1.54, 1.807) is 0 Å². The molecule has 0 spiro atoms. The topological polar surface area (TPSA) is 89.2 Å². The van der Waals surface area contributed by atoms with Crippen molar-refractivity contribution in [2.75, 3.05) is 6.54 Å². The summed E-state index contributed by atoms with van der Waals surface area (Å²) < 4.78 is 0. The number of likely N-dealkylation sites (tertiary alicyclic amines) is 1. The van der Waals surface area contributed by atoms with Gasteiger partial charge in [0.2, 0.25) is 5.91 Å². The van der Waals surface area contributed by atoms with Crippen LogP contribution in [0.4, 0.5) is 0 Å². The van der Waals surface area contributed by atoms with Crippen LogP contribution in [0.25, 0.3) is 0 Å². The Hall–Kier alpha value is -2.76. The zero-order valence-electron chi connectivity index (χ0n) is 14.3. The van der Waals surface area contributed by atoms with Crippen LogP contribution in [0.2, 0.25) is 0 Å². The van der Waals surface area contributed by atoms with Gasteiger partial charge in [0.25, 0.3) is 5.91 Å². The molecule has 2 amide bonds. The maximum Gasteiger partial charge on any atom is 0.254 e. The number of nitrogens with two attached hydrogens (primary N) is 1. The number of amides is 2. The third-order valence-electron chi connectivity index (χ3n) is 4.41. The van der Waals surface area contributed by atoms with E-state index in [0.29, 0.717) is 17.8 Å². The molecule has 1 aliphatic rings. The minimum atomic E-state index is -0.348. The quantitative estimate of drug-likeness (QED) is 0.905. The van der Waals surface area contributed by atoms with E-state index in [2.05, 4.69) is 9.97 Å². The molecule has 6 heteroatoms. The molecular formula is C19H22N4O2. The molecular weight excluding hydrogens is 316 g/mol. The number of carbonyl (C=O) groups excluding carboxylic acids is 2. The molecule has 1 aromatic heterocycles. The summed E-state index contributed by atoms with van der Waals surface area (Å²) in [5.74, 6) is 0.327. The highest BCUT2D eigenvalue weighted by molar-refractivity contribution is 5.94. The van der Waals surface area contributed by atoms with Crippen LogP contribution in [0, 0.1) is 6.92 Å². The van der Waals surface area contributed by atoms with Crippen LogP contribution in [0.1, 0.15) is 52.9 Å². The minimum absolute atomic E-state index is 0.0260. The molecule has 6 nitrogen and oxygen atoms in total. The molecule has 2 aromatic rings. The molecule has 1 aromatic carbocycles. The highest BCUT2D eigenvalue weighted by atomic mass is 16.2. The monoisotopic (exact) mass is 338 g/mol. The van der Waals surface area contributed by atoms with Crippen molar-refractivity contribution in [1.29, 1.82) is 0 Å². The number of aryl methyl sites for hydroxylation is 2. The van der Waals surface area contributed by atoms with Crippen molar-refractivity contribution in [3.8, 4) is 0 Å². The lowest BCUT2D eigenvalue weighted by molar-refractivity contribution is -0.118. The zero-order valence-corrected chi connectivity index (χ0v) is 14.3. The fourth-order valence-electron chi connectivity index (χ4n) is 3.27. The largest absolute Gasteiger partial charge is 0.370 e. The average molecular weight is 338 g/mol. The van der Waals surface area contributed by atoms with E-state index in [4.69, 9.17) is 5.73 Å². The smallest absolute Gasteiger partial charge is 0.254 e. The molecule has 0 aliphatic carbocycles. The van der Waals surface area contributed by atoms with Gasteiger partial charge in [0.15, 0.2) is 0 Å². The second-order valence-corrected chi connectivity index (χ2v) is 6.32. The summed E-state index contributed by atoms with van der Waals surface area (Å²) in [6.07, 6.45) is 2.57. The van der Waals surface area contributed by atoms with E-state index in [0.717, 1.165) is 30.8 Å². The molecule has 25 heavy (non-hydrogen) atoms. The Kier molecular flexibility index (Phi) is 5.07. The Morgan fingerprint density at radius 2 is 2.00 bits per heavy atom. The maximum atomic E-state index is 12.8. The first-order valence-corrected chi connectivity index (χ1v) is 8.53. The molecule has 0 saturated carbocycles. The highest BCUT2D eigenvalue weighted by Gasteiger charge is 2.31. The Balaban J connectivity index is 1.84. The summed E-state index contributed by atoms with van der Waals surface area (Å²) in [7, 11) is 0. The molecule has 0 bridgehead atoms. The molecule has 0 unspecified atom stereocenters. The van der Waals surface area contributed by atoms with E-state index < -0.39 is 0 Å². The van der Waals surface area contributed by atoms with E-state index >= 15 is 0 Å². The Labute approximate surface area is 147 Å². The summed E-state index contributed by atoms with van der Waals surface area (Å²) in [4.78, 5) is 34.7. The van der Waals surface area contributed by atoms with Crippen LogP contribution < -0.4 is 5.73 Å². The normalized spacial score (nSPS) is 16.8. The second kappa shape index (κ2) is 7.42. The minimum Gasteiger partial charge on any atom is -0.370 e. The van der Waals surface area contributed by atoms with Gasteiger partial charge in [-0.2, -0.15) is 0 Å². The van der Waals surface area contributed by atoms with E-state index in [1.165, 1.54) is 0 Å². The first kappa shape index (κ1) is 17.1. The first-order valence-electron chi connectivity index (χ1n) is 8.53. The van der Waals surface area contributed by atoms with Gasteiger partial charge in [0.05, 0.1) is 11.7 Å². The van der Waals surface area contributed by atoms with Crippen molar-refractivity contribution in [3.63, 3.8) is 0 Å². The highest BCUT2D eigenvalue weighted by Crippen LogP contribution is 2.32. The van der Waals surface area contributed by atoms with E-state index in [1.807, 2.05) is 48.2 Å². The van der Waals surface area contributed by atoms with E-state index in [9.17, 15) is 9.59 Å². The van der Waals surface area contributed by atoms with Crippen LogP contribution >= 0.6 is 0 Å². The fourth-order valence-corrected chi connectivity index (χ4v) is 3.27. The third-order valence-corrected chi connectivity index (χ3v) is 4.41. The Morgan fingerprint density at radius 1 is 1.24 bits per heavy atom. The summed E-state index contributed by atoms with van der Waals surface area (Å²) in [5.41, 5.74) is 7.55. The number of hydrogen-bond acceptors (Lipinski definition) is 4. The summed E-state index contributed by atoms with van der Waals surface area (Å²) in [6.45, 7) is 2.55. The van der Waals surface area contributed by atoms with Gasteiger partial charge in [-0.05, 0) is 44.4 Å². The van der Waals surface area contributed by atoms with Crippen molar-refractivity contribution >= 4 is 11.8 Å². The molecule has 1 saturated heterocycles. The molecule has 130 valence electrons. The van der Waals surface area contributed by atoms with Crippen molar-refractivity contribution < 1.29 is 9.59 Å². The summed E-state index contributed by atoms with van der Waals surface area (Å²) in [6, 6.07) is 11.2. The number of primary amides is 1. The van der Waals surface area contributed by atoms with Gasteiger partial charge in [-0.3, -0.25) is 9.59 Å². The zero-order chi connectivity index (χ0) is 17.8. The number of hydrogen-bond donors (Lipinski definition) is 1. The molecule has 3 rings (SSSR count). The average Bonchev–Trinajstić information content (AvgIpc) is 3.09. The molecule has 2 heterocycles. The number of carbonyl (C=O) groups is 2. The van der Waals surface area contributed by atoms with Crippen molar-refractivity contribution in [2.24, 2.45) is 5.73 Å². The first-order chi connectivity index (χ1) is 12.0. The van der Waals surface area contributed by atoms with E-state index in [-0.39, 0.29) is 24.3 Å². The lowest BCUT2D eigenvalue weighted by Gasteiger charge is -2.25. The van der Waals surface area contributed by atoms with Gasteiger partial charge >= 0.3 is 0 Å². The summed E-state index contributed by atoms with van der Waals surface area (Å²) in [5, 5.41) is 0. The lowest BCUT2D eigenvalue weighted by atomic mass is 10.1. The number of nitrogens with zero attached hydrogens (tertiary/aromatic N) is 3. The molecule has 1 aliphatic heterocycles. The number of benzene rings is 1. The van der Waals surface area contributed by atoms with Gasteiger partial charge in [0.1, 0.15) is 5.82 Å². The van der Waals surface area contributed by atoms with Crippen molar-refractivity contribution in [1.82, 2.24) is 14.9 Å². The fraction of sp³-hybridized carbons (Fsp3) is 0.368. The maximum absolute atomic E-state index is 12.8. The van der Waals surface area contributed by atoms with Crippen molar-refractivity contribution in [2.45, 2.75) is 38.6 Å². The molecule has 1 fully saturated rings. The van der Waals surface area contributed by atoms with Gasteiger partial charge in [0, 0.05) is 24.2 Å². The standard InChI is InChI=1S/C19H22N4O2/c1-13-21-15(9-10-18(20)24)12-16(22-13)17-8-5-11-23(17)19(25)14-6-3-2-4-7-14/h2-4,6-7,12,17H,5,8-11H2,1H3,(H2,20,24)/t17-/m1/s1. The second-order valence-electron chi connectivity index (χ2n) is 6.32.